The molecule has 0 saturated heterocycles. The van der Waals surface area contributed by atoms with Gasteiger partial charge in [-0.25, -0.2) is 0 Å². The summed E-state index contributed by atoms with van der Waals surface area (Å²) >= 11 is 12.3. The van der Waals surface area contributed by atoms with Crippen LogP contribution in [-0.4, -0.2) is 23.4 Å². The summed E-state index contributed by atoms with van der Waals surface area (Å²) < 4.78 is 1.89. The first kappa shape index (κ1) is 18.3. The van der Waals surface area contributed by atoms with Crippen LogP contribution in [0.15, 0.2) is 54.7 Å². The molecule has 0 bridgehead atoms. The number of amides is 2. The van der Waals surface area contributed by atoms with Gasteiger partial charge in [-0.15, -0.1) is 0 Å². The predicted molar refractivity (Wildman–Crippen MR) is 112 cm³/mol. The fourth-order valence-electron chi connectivity index (χ4n) is 3.19. The third-order valence-electron chi connectivity index (χ3n) is 4.49. The number of aromatic nitrogens is 1. The molecule has 7 heteroatoms. The number of hydrogen-bond donors (Lipinski definition) is 2. The lowest BCUT2D eigenvalue weighted by atomic mass is 10.0. The molecule has 2 heterocycles. The molecule has 0 radical (unpaired) electrons. The zero-order valence-corrected chi connectivity index (χ0v) is 16.3. The van der Waals surface area contributed by atoms with E-state index in [4.69, 9.17) is 23.2 Å². The van der Waals surface area contributed by atoms with Gasteiger partial charge in [-0.1, -0.05) is 23.2 Å². The van der Waals surface area contributed by atoms with Gasteiger partial charge < -0.3 is 15.2 Å². The van der Waals surface area contributed by atoms with Crippen molar-refractivity contribution in [2.24, 2.45) is 0 Å². The van der Waals surface area contributed by atoms with Crippen LogP contribution >= 0.6 is 23.2 Å². The van der Waals surface area contributed by atoms with Gasteiger partial charge in [-0.05, 0) is 54.6 Å². The van der Waals surface area contributed by atoms with Crippen molar-refractivity contribution in [1.29, 1.82) is 0 Å². The number of carbonyl (C=O) groups excluding carboxylic acids is 2. The monoisotopic (exact) mass is 411 g/mol. The molecular formula is C21H15Cl2N3O2. The van der Waals surface area contributed by atoms with Gasteiger partial charge in [0.05, 0.1) is 5.57 Å². The fourth-order valence-corrected chi connectivity index (χ4v) is 3.70. The summed E-state index contributed by atoms with van der Waals surface area (Å²) in [5.41, 5.74) is 3.89. The van der Waals surface area contributed by atoms with Crippen LogP contribution in [0.2, 0.25) is 10.0 Å². The Morgan fingerprint density at radius 1 is 1.11 bits per heavy atom. The van der Waals surface area contributed by atoms with Gasteiger partial charge >= 0.3 is 0 Å². The highest BCUT2D eigenvalue weighted by Crippen LogP contribution is 2.34. The first-order chi connectivity index (χ1) is 13.5. The Labute approximate surface area is 171 Å². The number of nitrogens with zero attached hydrogens (tertiary/aromatic N) is 1. The second-order valence-electron chi connectivity index (χ2n) is 6.28. The van der Waals surface area contributed by atoms with Crippen LogP contribution in [0.5, 0.6) is 0 Å². The lowest BCUT2D eigenvalue weighted by Gasteiger charge is -2.09. The topological polar surface area (TPSA) is 63.1 Å². The number of hydrogen-bond acceptors (Lipinski definition) is 2. The van der Waals surface area contributed by atoms with E-state index in [1.165, 1.54) is 0 Å². The molecule has 3 aromatic rings. The highest BCUT2D eigenvalue weighted by atomic mass is 35.5. The van der Waals surface area contributed by atoms with Crippen molar-refractivity contribution >= 4 is 52.4 Å². The van der Waals surface area contributed by atoms with Crippen LogP contribution in [0.25, 0.3) is 17.3 Å². The van der Waals surface area contributed by atoms with E-state index in [9.17, 15) is 9.59 Å². The molecule has 0 spiro atoms. The van der Waals surface area contributed by atoms with E-state index in [0.29, 0.717) is 32.4 Å². The second kappa shape index (κ2) is 7.19. The molecule has 4 rings (SSSR count). The first-order valence-electron chi connectivity index (χ1n) is 8.49. The van der Waals surface area contributed by atoms with E-state index in [-0.39, 0.29) is 11.8 Å². The van der Waals surface area contributed by atoms with Crippen molar-refractivity contribution in [3.63, 3.8) is 0 Å². The highest BCUT2D eigenvalue weighted by molar-refractivity contribution is 6.35. The third kappa shape index (κ3) is 3.30. The van der Waals surface area contributed by atoms with Crippen LogP contribution in [0, 0.1) is 0 Å². The van der Waals surface area contributed by atoms with E-state index in [2.05, 4.69) is 10.6 Å². The Hall–Kier alpha value is -3.02. The van der Waals surface area contributed by atoms with Crippen LogP contribution in [0.4, 0.5) is 5.69 Å². The Morgan fingerprint density at radius 3 is 2.57 bits per heavy atom. The van der Waals surface area contributed by atoms with Crippen molar-refractivity contribution in [3.8, 4) is 5.69 Å². The summed E-state index contributed by atoms with van der Waals surface area (Å²) in [6.45, 7) is 0. The van der Waals surface area contributed by atoms with Gasteiger partial charge in [-0.3, -0.25) is 9.59 Å². The van der Waals surface area contributed by atoms with E-state index >= 15 is 0 Å². The molecule has 0 atom stereocenters. The number of benzene rings is 2. The molecule has 28 heavy (non-hydrogen) atoms. The Balaban J connectivity index is 1.81. The molecule has 1 aliphatic heterocycles. The third-order valence-corrected chi connectivity index (χ3v) is 4.93. The quantitative estimate of drug-likeness (QED) is 0.616. The predicted octanol–water partition coefficient (Wildman–Crippen LogP) is 4.64. The maximum absolute atomic E-state index is 12.5. The molecule has 1 aliphatic rings. The van der Waals surface area contributed by atoms with Gasteiger partial charge in [0.15, 0.2) is 0 Å². The molecule has 0 aliphatic carbocycles. The Morgan fingerprint density at radius 2 is 1.86 bits per heavy atom. The van der Waals surface area contributed by atoms with Gasteiger partial charge in [0.25, 0.3) is 11.8 Å². The van der Waals surface area contributed by atoms with Gasteiger partial charge in [0, 0.05) is 51.5 Å². The summed E-state index contributed by atoms with van der Waals surface area (Å²) in [5.74, 6) is -0.431. The minimum absolute atomic E-state index is 0.210. The number of nitrogens with one attached hydrogen (secondary N) is 2. The van der Waals surface area contributed by atoms with Crippen molar-refractivity contribution in [2.45, 2.75) is 0 Å². The normalized spacial score (nSPS) is 14.1. The zero-order chi connectivity index (χ0) is 19.8. The van der Waals surface area contributed by atoms with E-state index in [0.717, 1.165) is 11.4 Å². The van der Waals surface area contributed by atoms with Gasteiger partial charge in [0.2, 0.25) is 0 Å². The van der Waals surface area contributed by atoms with Gasteiger partial charge in [-0.2, -0.15) is 0 Å². The molecule has 140 valence electrons. The van der Waals surface area contributed by atoms with Crippen LogP contribution in [0.3, 0.4) is 0 Å². The van der Waals surface area contributed by atoms with Crippen LogP contribution in [-0.2, 0) is 4.79 Å². The molecular weight excluding hydrogens is 397 g/mol. The fraction of sp³-hybridized carbons (Fsp3) is 0.0476. The SMILES string of the molecule is CNC(=O)c1ccc2c(c1)/C(=C/c1cccn1-c1cc(Cl)cc(Cl)c1)C(=O)N2. The van der Waals surface area contributed by atoms with Crippen molar-refractivity contribution in [2.75, 3.05) is 12.4 Å². The van der Waals surface area contributed by atoms with E-state index in [1.807, 2.05) is 22.9 Å². The van der Waals surface area contributed by atoms with Crippen LogP contribution < -0.4 is 10.6 Å². The standard InChI is InChI=1S/C21H15Cl2N3O2/c1-24-20(27)12-4-5-19-17(7-12)18(21(28)25-19)11-15-3-2-6-26(15)16-9-13(22)8-14(23)10-16/h2-11H,1H3,(H,24,27)(H,25,28)/b18-11-. The highest BCUT2D eigenvalue weighted by Gasteiger charge is 2.25. The minimum Gasteiger partial charge on any atom is -0.355 e. The summed E-state index contributed by atoms with van der Waals surface area (Å²) in [4.78, 5) is 24.5. The molecule has 2 aromatic carbocycles. The smallest absolute Gasteiger partial charge is 0.256 e. The second-order valence-corrected chi connectivity index (χ2v) is 7.16. The minimum atomic E-state index is -0.221. The molecule has 0 unspecified atom stereocenters. The largest absolute Gasteiger partial charge is 0.355 e. The summed E-state index contributed by atoms with van der Waals surface area (Å²) in [6, 6.07) is 14.1. The van der Waals surface area contributed by atoms with E-state index < -0.39 is 0 Å². The molecule has 0 fully saturated rings. The average Bonchev–Trinajstić information content (AvgIpc) is 3.25. The Bertz CT molecular complexity index is 1130. The maximum Gasteiger partial charge on any atom is 0.256 e. The summed E-state index contributed by atoms with van der Waals surface area (Å²) in [7, 11) is 1.57. The van der Waals surface area contributed by atoms with Gasteiger partial charge in [0.1, 0.15) is 0 Å². The molecule has 2 amide bonds. The summed E-state index contributed by atoms with van der Waals surface area (Å²) in [5, 5.41) is 6.47. The maximum atomic E-state index is 12.5. The van der Waals surface area contributed by atoms with E-state index in [1.54, 1.807) is 49.5 Å². The zero-order valence-electron chi connectivity index (χ0n) is 14.8. The first-order valence-corrected chi connectivity index (χ1v) is 9.25. The number of anilines is 1. The lowest BCUT2D eigenvalue weighted by molar-refractivity contribution is -0.110. The number of halogens is 2. The molecule has 5 nitrogen and oxygen atoms in total. The van der Waals surface area contributed by atoms with Crippen LogP contribution in [0.1, 0.15) is 21.6 Å². The number of fused-ring (bicyclic) bond motifs is 1. The molecule has 1 aromatic heterocycles. The van der Waals surface area contributed by atoms with Crippen molar-refractivity contribution < 1.29 is 9.59 Å². The lowest BCUT2D eigenvalue weighted by Crippen LogP contribution is -2.17. The average molecular weight is 412 g/mol. The number of carbonyl (C=O) groups is 2. The molecule has 2 N–H and O–H groups in total. The summed E-state index contributed by atoms with van der Waals surface area (Å²) in [6.07, 6.45) is 3.65. The number of rotatable bonds is 3. The van der Waals surface area contributed by atoms with Crippen molar-refractivity contribution in [3.05, 3.63) is 81.6 Å². The molecule has 0 saturated carbocycles. The van der Waals surface area contributed by atoms with Crippen molar-refractivity contribution in [1.82, 2.24) is 9.88 Å². The Kier molecular flexibility index (Phi) is 4.71.